The number of benzene rings is 1. The van der Waals surface area contributed by atoms with Gasteiger partial charge in [0.25, 0.3) is 0 Å². The van der Waals surface area contributed by atoms with E-state index >= 15 is 0 Å². The number of carbonyl (C=O) groups excluding carboxylic acids is 1. The van der Waals surface area contributed by atoms with Crippen molar-refractivity contribution in [3.05, 3.63) is 47.4 Å². The topological polar surface area (TPSA) is 109 Å². The largest absolute Gasteiger partial charge is 0.423 e. The fourth-order valence-corrected chi connectivity index (χ4v) is 2.77. The molecule has 8 nitrogen and oxygen atoms in total. The van der Waals surface area contributed by atoms with Gasteiger partial charge in [-0.15, -0.1) is 4.73 Å². The summed E-state index contributed by atoms with van der Waals surface area (Å²) in [7, 11) is 0. The molecular formula is C17H22N6O2. The van der Waals surface area contributed by atoms with E-state index in [0.717, 1.165) is 31.5 Å². The van der Waals surface area contributed by atoms with Gasteiger partial charge in [0.1, 0.15) is 5.82 Å². The highest BCUT2D eigenvalue weighted by molar-refractivity contribution is 5.74. The summed E-state index contributed by atoms with van der Waals surface area (Å²) in [6.45, 7) is 2.11. The van der Waals surface area contributed by atoms with Crippen molar-refractivity contribution in [2.45, 2.75) is 25.8 Å². The Morgan fingerprint density at radius 1 is 1.24 bits per heavy atom. The molecule has 1 saturated heterocycles. The number of nitrogen functional groups attached to an aromatic ring is 1. The first kappa shape index (κ1) is 16.8. The fourth-order valence-electron chi connectivity index (χ4n) is 2.77. The van der Waals surface area contributed by atoms with Gasteiger partial charge in [0, 0.05) is 25.7 Å². The number of hydrogen-bond donors (Lipinski definition) is 3. The maximum Gasteiger partial charge on any atom is 0.343 e. The van der Waals surface area contributed by atoms with Gasteiger partial charge >= 0.3 is 6.03 Å². The van der Waals surface area contributed by atoms with E-state index < -0.39 is 6.03 Å². The Balaban J connectivity index is 1.78. The van der Waals surface area contributed by atoms with Crippen molar-refractivity contribution in [3.63, 3.8) is 0 Å². The molecule has 1 aliphatic rings. The lowest BCUT2D eigenvalue weighted by molar-refractivity contribution is 0.174. The predicted molar refractivity (Wildman–Crippen MR) is 94.1 cm³/mol. The van der Waals surface area contributed by atoms with Gasteiger partial charge in [-0.25, -0.2) is 4.79 Å². The summed E-state index contributed by atoms with van der Waals surface area (Å²) in [5.74, 6) is 0.523. The molecule has 0 bridgehead atoms. The summed E-state index contributed by atoms with van der Waals surface area (Å²) in [5.41, 5.74) is 6.77. The van der Waals surface area contributed by atoms with Crippen LogP contribution in [0.3, 0.4) is 0 Å². The zero-order valence-corrected chi connectivity index (χ0v) is 13.9. The number of amides is 2. The van der Waals surface area contributed by atoms with Crippen LogP contribution >= 0.6 is 0 Å². The minimum atomic E-state index is -0.554. The monoisotopic (exact) mass is 342 g/mol. The van der Waals surface area contributed by atoms with Crippen molar-refractivity contribution < 1.29 is 10.0 Å². The number of piperidine rings is 1. The molecule has 2 amide bonds. The molecule has 4 N–H and O–H groups in total. The molecule has 1 aliphatic heterocycles. The van der Waals surface area contributed by atoms with Crippen molar-refractivity contribution in [2.24, 2.45) is 4.99 Å². The van der Waals surface area contributed by atoms with Crippen LogP contribution in [0.2, 0.25) is 0 Å². The van der Waals surface area contributed by atoms with E-state index in [-0.39, 0.29) is 11.4 Å². The molecular weight excluding hydrogens is 320 g/mol. The summed E-state index contributed by atoms with van der Waals surface area (Å²) < 4.78 is 0.621. The number of aromatic nitrogens is 2. The Kier molecular flexibility index (Phi) is 5.17. The zero-order chi connectivity index (χ0) is 17.6. The second-order valence-corrected chi connectivity index (χ2v) is 5.95. The van der Waals surface area contributed by atoms with Crippen LogP contribution in [0.15, 0.2) is 41.4 Å². The normalized spacial score (nSPS) is 15.2. The van der Waals surface area contributed by atoms with E-state index in [0.29, 0.717) is 17.1 Å². The van der Waals surface area contributed by atoms with Gasteiger partial charge in [0.15, 0.2) is 5.49 Å². The lowest BCUT2D eigenvalue weighted by Crippen LogP contribution is -2.34. The van der Waals surface area contributed by atoms with Gasteiger partial charge < -0.3 is 21.2 Å². The molecule has 25 heavy (non-hydrogen) atoms. The number of urea groups is 1. The van der Waals surface area contributed by atoms with E-state index in [1.54, 1.807) is 6.07 Å². The Morgan fingerprint density at radius 2 is 1.96 bits per heavy atom. The average molecular weight is 342 g/mol. The van der Waals surface area contributed by atoms with Gasteiger partial charge in [-0.05, 0) is 24.8 Å². The third kappa shape index (κ3) is 4.28. The van der Waals surface area contributed by atoms with Crippen molar-refractivity contribution in [3.8, 4) is 0 Å². The number of carbonyl (C=O) groups is 1. The van der Waals surface area contributed by atoms with Gasteiger partial charge in [-0.2, -0.15) is 9.98 Å². The van der Waals surface area contributed by atoms with Crippen LogP contribution in [0.1, 0.15) is 24.8 Å². The molecule has 3 rings (SSSR count). The quantitative estimate of drug-likeness (QED) is 0.733. The lowest BCUT2D eigenvalue weighted by Gasteiger charge is -2.27. The molecule has 0 atom stereocenters. The highest BCUT2D eigenvalue weighted by Crippen LogP contribution is 2.16. The number of anilines is 2. The van der Waals surface area contributed by atoms with Crippen molar-refractivity contribution in [1.29, 1.82) is 0 Å². The zero-order valence-electron chi connectivity index (χ0n) is 13.9. The van der Waals surface area contributed by atoms with E-state index in [1.165, 1.54) is 6.42 Å². The lowest BCUT2D eigenvalue weighted by atomic mass is 10.1. The summed E-state index contributed by atoms with van der Waals surface area (Å²) in [5, 5.41) is 12.7. The summed E-state index contributed by atoms with van der Waals surface area (Å²) >= 11 is 0. The van der Waals surface area contributed by atoms with Crippen molar-refractivity contribution >= 4 is 17.8 Å². The summed E-state index contributed by atoms with van der Waals surface area (Å²) in [4.78, 5) is 22.2. The molecule has 8 heteroatoms. The number of hydrogen-bond acceptors (Lipinski definition) is 5. The fraction of sp³-hybridized carbons (Fsp3) is 0.353. The Bertz CT molecular complexity index is 797. The Morgan fingerprint density at radius 3 is 2.68 bits per heavy atom. The maximum absolute atomic E-state index is 12.1. The van der Waals surface area contributed by atoms with E-state index in [4.69, 9.17) is 5.73 Å². The summed E-state index contributed by atoms with van der Waals surface area (Å²) in [6, 6.07) is 10.5. The standard InChI is InChI=1S/C17H22N6O2/c18-16-20-14(22-9-5-2-6-10-22)11-15(23(16)25)21-17(24)19-12-13-7-3-1-4-8-13/h1,3-4,7-8,11,25H,2,5-6,9-10,12H2,(H2,18,20)(H,19,24). The van der Waals surface area contributed by atoms with Gasteiger partial charge in [-0.1, -0.05) is 30.3 Å². The van der Waals surface area contributed by atoms with Crippen LogP contribution in [0.25, 0.3) is 0 Å². The second kappa shape index (κ2) is 7.69. The second-order valence-electron chi connectivity index (χ2n) is 5.95. The van der Waals surface area contributed by atoms with Crippen molar-refractivity contribution in [2.75, 3.05) is 23.7 Å². The molecule has 2 heterocycles. The number of nitrogens with two attached hydrogens (primary N) is 1. The molecule has 0 saturated carbocycles. The third-order valence-electron chi connectivity index (χ3n) is 4.10. The van der Waals surface area contributed by atoms with Crippen molar-refractivity contribution in [1.82, 2.24) is 15.0 Å². The molecule has 0 aliphatic carbocycles. The van der Waals surface area contributed by atoms with Crippen LogP contribution in [0, 0.1) is 0 Å². The van der Waals surface area contributed by atoms with Crippen LogP contribution in [0.4, 0.5) is 16.6 Å². The van der Waals surface area contributed by atoms with Crippen LogP contribution in [0.5, 0.6) is 0 Å². The third-order valence-corrected chi connectivity index (χ3v) is 4.10. The SMILES string of the molecule is Nc1nc(N2CCCCC2)cc(=NC(=O)NCc2ccccc2)n1O. The highest BCUT2D eigenvalue weighted by Gasteiger charge is 2.14. The maximum atomic E-state index is 12.1. The predicted octanol–water partition coefficient (Wildman–Crippen LogP) is 1.50. The molecule has 0 radical (unpaired) electrons. The number of rotatable bonds is 3. The minimum Gasteiger partial charge on any atom is -0.423 e. The first-order valence-corrected chi connectivity index (χ1v) is 8.34. The van der Waals surface area contributed by atoms with E-state index in [1.807, 2.05) is 30.3 Å². The molecule has 1 aromatic carbocycles. The average Bonchev–Trinajstić information content (AvgIpc) is 2.65. The number of nitrogens with one attached hydrogen (secondary N) is 1. The molecule has 0 unspecified atom stereocenters. The first-order valence-electron chi connectivity index (χ1n) is 8.34. The number of nitrogens with zero attached hydrogens (tertiary/aromatic N) is 4. The minimum absolute atomic E-state index is 0.0543. The van der Waals surface area contributed by atoms with E-state index in [9.17, 15) is 10.0 Å². The van der Waals surface area contributed by atoms with Gasteiger partial charge in [-0.3, -0.25) is 0 Å². The highest BCUT2D eigenvalue weighted by atomic mass is 16.5. The summed E-state index contributed by atoms with van der Waals surface area (Å²) in [6.07, 6.45) is 3.36. The van der Waals surface area contributed by atoms with Crippen LogP contribution < -0.4 is 21.4 Å². The molecule has 2 aromatic rings. The Labute approximate surface area is 145 Å². The molecule has 132 valence electrons. The van der Waals surface area contributed by atoms with Gasteiger partial charge in [0.2, 0.25) is 5.95 Å². The molecule has 1 fully saturated rings. The smallest absolute Gasteiger partial charge is 0.343 e. The molecule has 1 aromatic heterocycles. The van der Waals surface area contributed by atoms with E-state index in [2.05, 4.69) is 20.2 Å². The van der Waals surface area contributed by atoms with Crippen LogP contribution in [-0.4, -0.2) is 34.0 Å². The van der Waals surface area contributed by atoms with Crippen LogP contribution in [-0.2, 0) is 6.54 Å². The first-order chi connectivity index (χ1) is 12.1. The molecule has 0 spiro atoms. The Hall–Kier alpha value is -3.03. The van der Waals surface area contributed by atoms with Gasteiger partial charge in [0.05, 0.1) is 0 Å².